The van der Waals surface area contributed by atoms with Gasteiger partial charge in [-0.3, -0.25) is 0 Å². The van der Waals surface area contributed by atoms with E-state index in [0.29, 0.717) is 5.75 Å². The predicted molar refractivity (Wildman–Crippen MR) is 124 cm³/mol. The van der Waals surface area contributed by atoms with Crippen molar-refractivity contribution in [1.29, 1.82) is 0 Å². The second-order valence-corrected chi connectivity index (χ2v) is 6.93. The number of carbonyl (C=O) groups excluding carboxylic acids is 2. The lowest BCUT2D eigenvalue weighted by Crippen LogP contribution is -2.00. The molecule has 0 radical (unpaired) electrons. The van der Waals surface area contributed by atoms with Gasteiger partial charge < -0.3 is 14.2 Å². The van der Waals surface area contributed by atoms with Crippen molar-refractivity contribution in [2.45, 2.75) is 13.2 Å². The van der Waals surface area contributed by atoms with Crippen LogP contribution in [0.1, 0.15) is 11.1 Å². The van der Waals surface area contributed by atoms with Gasteiger partial charge in [-0.05, 0) is 33.9 Å². The van der Waals surface area contributed by atoms with Crippen LogP contribution in [-0.4, -0.2) is 19.0 Å². The maximum atomic E-state index is 11.3. The van der Waals surface area contributed by atoms with Crippen molar-refractivity contribution in [3.8, 4) is 28.0 Å². The first-order chi connectivity index (χ1) is 15.5. The minimum absolute atomic E-state index is 0.156. The number of carbonyl (C=O) groups is 2. The third-order valence-electron chi connectivity index (χ3n) is 4.84. The quantitative estimate of drug-likeness (QED) is 0.333. The summed E-state index contributed by atoms with van der Waals surface area (Å²) in [6.45, 7) is 7.15. The van der Waals surface area contributed by atoms with Crippen LogP contribution in [0.5, 0.6) is 5.75 Å². The summed E-state index contributed by atoms with van der Waals surface area (Å²) < 4.78 is 15.7. The molecule has 0 aliphatic rings. The Bertz CT molecular complexity index is 1110. The zero-order valence-corrected chi connectivity index (χ0v) is 17.9. The summed E-state index contributed by atoms with van der Waals surface area (Å²) in [6, 6.07) is 21.7. The van der Waals surface area contributed by atoms with Crippen molar-refractivity contribution >= 4 is 11.9 Å². The van der Waals surface area contributed by atoms with E-state index in [0.717, 1.165) is 45.5 Å². The van der Waals surface area contributed by atoms with Crippen molar-refractivity contribution in [3.05, 3.63) is 103 Å². The summed E-state index contributed by atoms with van der Waals surface area (Å²) in [6.07, 6.45) is 2.29. The maximum Gasteiger partial charge on any atom is 0.330 e. The molecule has 0 bridgehead atoms. The highest BCUT2D eigenvalue weighted by Gasteiger charge is 2.09. The van der Waals surface area contributed by atoms with E-state index in [1.807, 2.05) is 66.7 Å². The monoisotopic (exact) mass is 428 g/mol. The van der Waals surface area contributed by atoms with Crippen LogP contribution in [0.15, 0.2) is 92.0 Å². The lowest BCUT2D eigenvalue weighted by molar-refractivity contribution is -0.139. The van der Waals surface area contributed by atoms with Gasteiger partial charge >= 0.3 is 11.9 Å². The molecule has 5 heteroatoms. The average Bonchev–Trinajstić information content (AvgIpc) is 2.86. The van der Waals surface area contributed by atoms with Gasteiger partial charge in [0, 0.05) is 17.7 Å². The molecule has 162 valence electrons. The number of ether oxygens (including phenoxy) is 3. The minimum atomic E-state index is -0.463. The fourth-order valence-corrected chi connectivity index (χ4v) is 3.13. The Morgan fingerprint density at radius 3 is 1.72 bits per heavy atom. The molecule has 0 spiro atoms. The molecule has 0 heterocycles. The van der Waals surface area contributed by atoms with Gasteiger partial charge in [-0.25, -0.2) is 9.59 Å². The van der Waals surface area contributed by atoms with E-state index in [9.17, 15) is 9.59 Å². The first kappa shape index (κ1) is 22.6. The van der Waals surface area contributed by atoms with Gasteiger partial charge in [0.15, 0.2) is 0 Å². The van der Waals surface area contributed by atoms with Gasteiger partial charge in [0.25, 0.3) is 0 Å². The van der Waals surface area contributed by atoms with Crippen molar-refractivity contribution in [2.75, 3.05) is 7.11 Å². The van der Waals surface area contributed by atoms with Crippen LogP contribution in [0.25, 0.3) is 22.3 Å². The predicted octanol–water partition coefficient (Wildman–Crippen LogP) is 5.49. The maximum absolute atomic E-state index is 11.3. The lowest BCUT2D eigenvalue weighted by Gasteiger charge is -2.12. The van der Waals surface area contributed by atoms with Crippen molar-refractivity contribution < 1.29 is 23.8 Å². The third-order valence-corrected chi connectivity index (χ3v) is 4.84. The molecule has 0 aliphatic carbocycles. The number of hydrogen-bond donors (Lipinski definition) is 0. The molecule has 0 fully saturated rings. The molecular formula is C27H24O5. The lowest BCUT2D eigenvalue weighted by atomic mass is 9.98. The summed E-state index contributed by atoms with van der Waals surface area (Å²) >= 11 is 0. The van der Waals surface area contributed by atoms with E-state index >= 15 is 0 Å². The first-order valence-corrected chi connectivity index (χ1v) is 9.99. The molecular weight excluding hydrogens is 404 g/mol. The zero-order chi connectivity index (χ0) is 22.9. The second kappa shape index (κ2) is 10.8. The summed E-state index contributed by atoms with van der Waals surface area (Å²) in [5, 5.41) is 0. The van der Waals surface area contributed by atoms with E-state index in [4.69, 9.17) is 14.2 Å². The molecule has 0 N–H and O–H groups in total. The highest BCUT2D eigenvalue weighted by Crippen LogP contribution is 2.32. The summed E-state index contributed by atoms with van der Waals surface area (Å²) in [5.41, 5.74) is 5.81. The van der Waals surface area contributed by atoms with E-state index in [1.165, 1.54) is 0 Å². The number of methoxy groups -OCH3 is 1. The van der Waals surface area contributed by atoms with Crippen LogP contribution >= 0.6 is 0 Å². The highest BCUT2D eigenvalue weighted by molar-refractivity contribution is 5.81. The topological polar surface area (TPSA) is 61.8 Å². The van der Waals surface area contributed by atoms with Gasteiger partial charge in [0.1, 0.15) is 19.0 Å². The molecule has 0 saturated heterocycles. The van der Waals surface area contributed by atoms with Gasteiger partial charge in [-0.1, -0.05) is 73.8 Å². The van der Waals surface area contributed by atoms with E-state index < -0.39 is 11.9 Å². The smallest absolute Gasteiger partial charge is 0.330 e. The Kier molecular flexibility index (Phi) is 7.60. The molecule has 3 aromatic rings. The minimum Gasteiger partial charge on any atom is -0.496 e. The zero-order valence-electron chi connectivity index (χ0n) is 17.9. The van der Waals surface area contributed by atoms with Gasteiger partial charge in [-0.2, -0.15) is 0 Å². The van der Waals surface area contributed by atoms with E-state index in [-0.39, 0.29) is 13.2 Å². The summed E-state index contributed by atoms with van der Waals surface area (Å²) in [4.78, 5) is 22.5. The van der Waals surface area contributed by atoms with Gasteiger partial charge in [0.05, 0.1) is 7.11 Å². The molecule has 5 nitrogen and oxygen atoms in total. The normalized spacial score (nSPS) is 10.2. The fourth-order valence-electron chi connectivity index (χ4n) is 3.13. The van der Waals surface area contributed by atoms with Crippen LogP contribution in [0.4, 0.5) is 0 Å². The number of rotatable bonds is 9. The number of hydrogen-bond acceptors (Lipinski definition) is 5. The standard InChI is InChI=1S/C27H24O5/c1-4-26(28)31-17-19-6-9-21(10-7-19)22-11-13-23(14-12-22)24-15-8-20(16-25(24)30-3)18-32-27(29)5-2/h4-16H,1-2,17-18H2,3H3. The molecule has 3 rings (SSSR count). The van der Waals surface area contributed by atoms with Crippen LogP contribution < -0.4 is 4.74 Å². The fraction of sp³-hybridized carbons (Fsp3) is 0.111. The van der Waals surface area contributed by atoms with Crippen LogP contribution in [0.2, 0.25) is 0 Å². The van der Waals surface area contributed by atoms with Crippen molar-refractivity contribution in [3.63, 3.8) is 0 Å². The third kappa shape index (κ3) is 5.73. The Balaban J connectivity index is 1.73. The Morgan fingerprint density at radius 2 is 1.19 bits per heavy atom. The molecule has 0 aliphatic heterocycles. The van der Waals surface area contributed by atoms with Crippen molar-refractivity contribution in [1.82, 2.24) is 0 Å². The second-order valence-electron chi connectivity index (χ2n) is 6.93. The molecule has 0 aromatic heterocycles. The van der Waals surface area contributed by atoms with Crippen LogP contribution in [-0.2, 0) is 32.3 Å². The molecule has 0 saturated carbocycles. The summed E-state index contributed by atoms with van der Waals surface area (Å²) in [7, 11) is 1.61. The van der Waals surface area contributed by atoms with E-state index in [1.54, 1.807) is 7.11 Å². The summed E-state index contributed by atoms with van der Waals surface area (Å²) in [5.74, 6) is -0.205. The van der Waals surface area contributed by atoms with Gasteiger partial charge in [0.2, 0.25) is 0 Å². The molecule has 0 amide bonds. The number of benzene rings is 3. The Labute approximate surface area is 187 Å². The average molecular weight is 428 g/mol. The van der Waals surface area contributed by atoms with Gasteiger partial charge in [-0.15, -0.1) is 0 Å². The van der Waals surface area contributed by atoms with Crippen LogP contribution in [0.3, 0.4) is 0 Å². The molecule has 3 aromatic carbocycles. The first-order valence-electron chi connectivity index (χ1n) is 9.99. The molecule has 0 unspecified atom stereocenters. The Morgan fingerprint density at radius 1 is 0.719 bits per heavy atom. The highest BCUT2D eigenvalue weighted by atomic mass is 16.5. The Hall–Kier alpha value is -4.12. The van der Waals surface area contributed by atoms with Crippen molar-refractivity contribution in [2.24, 2.45) is 0 Å². The largest absolute Gasteiger partial charge is 0.496 e. The number of esters is 2. The molecule has 0 atom stereocenters. The van der Waals surface area contributed by atoms with Crippen LogP contribution in [0, 0.1) is 0 Å². The SMILES string of the molecule is C=CC(=O)OCc1ccc(-c2ccc(-c3ccc(COC(=O)C=C)cc3OC)cc2)cc1. The van der Waals surface area contributed by atoms with E-state index in [2.05, 4.69) is 13.2 Å². The molecule has 32 heavy (non-hydrogen) atoms.